The van der Waals surface area contributed by atoms with Gasteiger partial charge in [-0.3, -0.25) is 4.79 Å². The van der Waals surface area contributed by atoms with Crippen molar-refractivity contribution in [2.24, 2.45) is 5.92 Å². The highest BCUT2D eigenvalue weighted by Crippen LogP contribution is 2.29. The van der Waals surface area contributed by atoms with Crippen LogP contribution in [0.5, 0.6) is 0 Å². The summed E-state index contributed by atoms with van der Waals surface area (Å²) >= 11 is 1.42. The van der Waals surface area contributed by atoms with Gasteiger partial charge >= 0.3 is 0 Å². The Morgan fingerprint density at radius 2 is 2.05 bits per heavy atom. The Kier molecular flexibility index (Phi) is 5.42. The summed E-state index contributed by atoms with van der Waals surface area (Å²) < 4.78 is 4.44. The van der Waals surface area contributed by atoms with Crippen molar-refractivity contribution in [1.29, 1.82) is 0 Å². The quantitative estimate of drug-likeness (QED) is 0.891. The molecule has 1 aromatic heterocycles. The van der Waals surface area contributed by atoms with E-state index in [4.69, 9.17) is 0 Å². The minimum absolute atomic E-state index is 0.0251. The van der Waals surface area contributed by atoms with Gasteiger partial charge in [0, 0.05) is 34.9 Å². The molecule has 0 bridgehead atoms. The van der Waals surface area contributed by atoms with Crippen molar-refractivity contribution in [2.75, 3.05) is 5.32 Å². The summed E-state index contributed by atoms with van der Waals surface area (Å²) in [5, 5.41) is 7.38. The van der Waals surface area contributed by atoms with E-state index in [2.05, 4.69) is 40.8 Å². The second kappa shape index (κ2) is 6.94. The molecule has 1 amide bonds. The fourth-order valence-electron chi connectivity index (χ4n) is 2.72. The molecule has 1 fully saturated rings. The highest BCUT2D eigenvalue weighted by molar-refractivity contribution is 7.09. The number of anilines is 1. The lowest BCUT2D eigenvalue weighted by Gasteiger charge is -2.29. The first kappa shape index (κ1) is 17.2. The molecule has 1 saturated carbocycles. The first-order chi connectivity index (χ1) is 10.3. The van der Waals surface area contributed by atoms with Gasteiger partial charge in [0.1, 0.15) is 5.82 Å². The molecule has 0 radical (unpaired) electrons. The Hall–Kier alpha value is -1.17. The van der Waals surface area contributed by atoms with Crippen molar-refractivity contribution in [3.63, 3.8) is 0 Å². The van der Waals surface area contributed by atoms with E-state index < -0.39 is 0 Å². The minimum atomic E-state index is -0.0251. The Balaban J connectivity index is 1.93. The molecule has 124 valence electrons. The van der Waals surface area contributed by atoms with E-state index in [9.17, 15) is 4.79 Å². The third-order valence-corrected chi connectivity index (χ3v) is 4.55. The maximum absolute atomic E-state index is 12.2. The Morgan fingerprint density at radius 1 is 1.32 bits per heavy atom. The predicted octanol–water partition coefficient (Wildman–Crippen LogP) is 3.33. The number of aromatic nitrogens is 2. The monoisotopic (exact) mass is 324 g/mol. The van der Waals surface area contributed by atoms with Crippen LogP contribution in [0.2, 0.25) is 0 Å². The summed E-state index contributed by atoms with van der Waals surface area (Å²) in [6, 6.07) is 0.524. The zero-order chi connectivity index (χ0) is 16.3. The van der Waals surface area contributed by atoms with Gasteiger partial charge in [0.25, 0.3) is 0 Å². The third kappa shape index (κ3) is 4.66. The van der Waals surface area contributed by atoms with Gasteiger partial charge in [0.2, 0.25) is 11.0 Å². The van der Waals surface area contributed by atoms with Crippen molar-refractivity contribution in [1.82, 2.24) is 14.7 Å². The van der Waals surface area contributed by atoms with Crippen molar-refractivity contribution < 1.29 is 4.79 Å². The summed E-state index contributed by atoms with van der Waals surface area (Å²) in [6.07, 6.45) is 4.04. The fourth-order valence-corrected chi connectivity index (χ4v) is 3.56. The number of hydrogen-bond donors (Lipinski definition) is 2. The first-order valence-corrected chi connectivity index (χ1v) is 8.94. The fraction of sp³-hybridized carbons (Fsp3) is 0.812. The number of carbonyl (C=O) groups excluding carboxylic acids is 1. The van der Waals surface area contributed by atoms with Gasteiger partial charge in [0.15, 0.2) is 0 Å². The van der Waals surface area contributed by atoms with Crippen LogP contribution < -0.4 is 10.6 Å². The molecule has 2 unspecified atom stereocenters. The second-order valence-electron chi connectivity index (χ2n) is 7.54. The van der Waals surface area contributed by atoms with Crippen molar-refractivity contribution in [2.45, 2.75) is 77.8 Å². The predicted molar refractivity (Wildman–Crippen MR) is 91.3 cm³/mol. The van der Waals surface area contributed by atoms with Gasteiger partial charge in [-0.1, -0.05) is 27.2 Å². The van der Waals surface area contributed by atoms with Crippen LogP contribution in [0.1, 0.15) is 66.1 Å². The van der Waals surface area contributed by atoms with E-state index in [1.54, 1.807) is 0 Å². The number of nitrogens with zero attached hydrogens (tertiary/aromatic N) is 2. The van der Waals surface area contributed by atoms with E-state index >= 15 is 0 Å². The standard InChI is InChI=1S/C16H28N4OS/c1-10(2)17-13(21)11-7-6-8-12(9-11)18-15-19-14(20-22-15)16(3,4)5/h10-12H,6-9H2,1-5H3,(H,17,21)(H,18,19,20). The van der Waals surface area contributed by atoms with Crippen molar-refractivity contribution >= 4 is 22.6 Å². The molecule has 2 atom stereocenters. The van der Waals surface area contributed by atoms with Crippen LogP contribution in [0.25, 0.3) is 0 Å². The maximum Gasteiger partial charge on any atom is 0.223 e. The van der Waals surface area contributed by atoms with Gasteiger partial charge < -0.3 is 10.6 Å². The third-order valence-electron chi connectivity index (χ3n) is 3.90. The minimum Gasteiger partial charge on any atom is -0.358 e. The molecule has 1 aromatic rings. The number of carbonyl (C=O) groups is 1. The van der Waals surface area contributed by atoms with E-state index in [0.717, 1.165) is 36.6 Å². The van der Waals surface area contributed by atoms with Crippen LogP contribution in [-0.2, 0) is 10.2 Å². The number of amides is 1. The van der Waals surface area contributed by atoms with E-state index in [-0.39, 0.29) is 23.3 Å². The zero-order valence-corrected chi connectivity index (χ0v) is 15.1. The summed E-state index contributed by atoms with van der Waals surface area (Å²) in [7, 11) is 0. The number of rotatable bonds is 4. The van der Waals surface area contributed by atoms with Gasteiger partial charge in [-0.25, -0.2) is 4.98 Å². The molecule has 0 aliphatic heterocycles. The van der Waals surface area contributed by atoms with E-state index in [1.165, 1.54) is 11.5 Å². The van der Waals surface area contributed by atoms with Crippen LogP contribution in [0.4, 0.5) is 5.13 Å². The lowest BCUT2D eigenvalue weighted by molar-refractivity contribution is -0.126. The second-order valence-corrected chi connectivity index (χ2v) is 8.29. The summed E-state index contributed by atoms with van der Waals surface area (Å²) in [6.45, 7) is 10.4. The van der Waals surface area contributed by atoms with Gasteiger partial charge in [0.05, 0.1) is 0 Å². The summed E-state index contributed by atoms with van der Waals surface area (Å²) in [4.78, 5) is 16.8. The molecular weight excluding hydrogens is 296 g/mol. The lowest BCUT2D eigenvalue weighted by Crippen LogP contribution is -2.40. The van der Waals surface area contributed by atoms with Crippen LogP contribution >= 0.6 is 11.5 Å². The average molecular weight is 324 g/mol. The summed E-state index contributed by atoms with van der Waals surface area (Å²) in [5.74, 6) is 1.18. The van der Waals surface area contributed by atoms with Crippen LogP contribution in [-0.4, -0.2) is 27.3 Å². The molecule has 1 aliphatic carbocycles. The topological polar surface area (TPSA) is 66.9 Å². The largest absolute Gasteiger partial charge is 0.358 e. The lowest BCUT2D eigenvalue weighted by atomic mass is 9.85. The maximum atomic E-state index is 12.2. The highest BCUT2D eigenvalue weighted by Gasteiger charge is 2.28. The number of hydrogen-bond acceptors (Lipinski definition) is 5. The Labute approximate surface area is 137 Å². The van der Waals surface area contributed by atoms with Crippen LogP contribution in [0.3, 0.4) is 0 Å². The zero-order valence-electron chi connectivity index (χ0n) is 14.3. The highest BCUT2D eigenvalue weighted by atomic mass is 32.1. The molecule has 22 heavy (non-hydrogen) atoms. The molecule has 0 saturated heterocycles. The molecule has 1 heterocycles. The average Bonchev–Trinajstić information content (AvgIpc) is 2.86. The van der Waals surface area contributed by atoms with E-state index in [1.807, 2.05) is 13.8 Å². The van der Waals surface area contributed by atoms with Gasteiger partial charge in [-0.2, -0.15) is 4.37 Å². The molecule has 2 rings (SSSR count). The van der Waals surface area contributed by atoms with E-state index in [0.29, 0.717) is 6.04 Å². The van der Waals surface area contributed by atoms with Gasteiger partial charge in [-0.15, -0.1) is 0 Å². The molecule has 1 aliphatic rings. The molecule has 2 N–H and O–H groups in total. The SMILES string of the molecule is CC(C)NC(=O)C1CCCC(Nc2nc(C(C)(C)C)ns2)C1. The molecular formula is C16H28N4OS. The summed E-state index contributed by atoms with van der Waals surface area (Å²) in [5.41, 5.74) is -0.0251. The first-order valence-electron chi connectivity index (χ1n) is 8.17. The molecule has 5 nitrogen and oxygen atoms in total. The smallest absolute Gasteiger partial charge is 0.223 e. The van der Waals surface area contributed by atoms with Crippen molar-refractivity contribution in [3.05, 3.63) is 5.82 Å². The van der Waals surface area contributed by atoms with Crippen LogP contribution in [0, 0.1) is 5.92 Å². The number of nitrogens with one attached hydrogen (secondary N) is 2. The van der Waals surface area contributed by atoms with Gasteiger partial charge in [-0.05, 0) is 33.1 Å². The Bertz CT molecular complexity index is 506. The molecule has 0 spiro atoms. The Morgan fingerprint density at radius 3 is 2.64 bits per heavy atom. The van der Waals surface area contributed by atoms with Crippen molar-refractivity contribution in [3.8, 4) is 0 Å². The van der Waals surface area contributed by atoms with Crippen LogP contribution in [0.15, 0.2) is 0 Å². The normalized spacial score (nSPS) is 22.6. The molecule has 0 aromatic carbocycles. The molecule has 6 heteroatoms.